The lowest BCUT2D eigenvalue weighted by molar-refractivity contribution is -0.149. The quantitative estimate of drug-likeness (QED) is 0.397. The molecule has 2 aromatic rings. The summed E-state index contributed by atoms with van der Waals surface area (Å²) < 4.78 is 22.0. The number of rotatable bonds is 12. The van der Waals surface area contributed by atoms with Crippen LogP contribution in [0.25, 0.3) is 0 Å². The summed E-state index contributed by atoms with van der Waals surface area (Å²) in [5, 5.41) is 0. The molecule has 29 heavy (non-hydrogen) atoms. The first-order valence-corrected chi connectivity index (χ1v) is 9.70. The van der Waals surface area contributed by atoms with E-state index >= 15 is 0 Å². The predicted molar refractivity (Wildman–Crippen MR) is 112 cm³/mol. The van der Waals surface area contributed by atoms with Crippen LogP contribution >= 0.6 is 0 Å². The van der Waals surface area contributed by atoms with E-state index in [-0.39, 0.29) is 12.0 Å². The molecule has 156 valence electrons. The van der Waals surface area contributed by atoms with Gasteiger partial charge in [-0.15, -0.1) is 0 Å². The van der Waals surface area contributed by atoms with Gasteiger partial charge in [-0.05, 0) is 17.2 Å². The minimum atomic E-state index is -0.734. The molecule has 0 amide bonds. The summed E-state index contributed by atoms with van der Waals surface area (Å²) in [6.07, 6.45) is 2.70. The molecule has 0 aliphatic rings. The zero-order chi connectivity index (χ0) is 20.9. The molecule has 0 N–H and O–H groups in total. The molecule has 0 heterocycles. The van der Waals surface area contributed by atoms with Crippen LogP contribution in [0.5, 0.6) is 0 Å². The van der Waals surface area contributed by atoms with E-state index in [0.717, 1.165) is 11.1 Å². The zero-order valence-corrected chi connectivity index (χ0v) is 17.3. The highest BCUT2D eigenvalue weighted by Gasteiger charge is 2.19. The molecule has 0 aromatic heterocycles. The van der Waals surface area contributed by atoms with Crippen LogP contribution in [0.3, 0.4) is 0 Å². The Kier molecular flexibility index (Phi) is 10.1. The lowest BCUT2D eigenvalue weighted by Crippen LogP contribution is -2.27. The highest BCUT2D eigenvalue weighted by atomic mass is 16.6. The Morgan fingerprint density at radius 1 is 0.897 bits per heavy atom. The molecule has 5 heteroatoms. The van der Waals surface area contributed by atoms with Crippen molar-refractivity contribution >= 4 is 5.97 Å². The number of carbonyl (C=O) groups is 1. The highest BCUT2D eigenvalue weighted by molar-refractivity contribution is 5.76. The largest absolute Gasteiger partial charge is 0.467 e. The van der Waals surface area contributed by atoms with E-state index in [1.807, 2.05) is 73.7 Å². The SMILES string of the molecule is COC(=O)[C@H](/C=C/[C@H](C)[C@H](COCc1ccccc1)OCc1ccccc1)OC. The molecule has 0 saturated heterocycles. The summed E-state index contributed by atoms with van der Waals surface area (Å²) in [7, 11) is 2.82. The third-order valence-electron chi connectivity index (χ3n) is 4.56. The monoisotopic (exact) mass is 398 g/mol. The Bertz CT molecular complexity index is 729. The first-order valence-electron chi connectivity index (χ1n) is 9.70. The third kappa shape index (κ3) is 8.20. The first-order chi connectivity index (χ1) is 14.1. The maximum absolute atomic E-state index is 11.7. The van der Waals surface area contributed by atoms with Gasteiger partial charge in [0.05, 0.1) is 33.0 Å². The van der Waals surface area contributed by atoms with Crippen LogP contribution in [0.2, 0.25) is 0 Å². The van der Waals surface area contributed by atoms with E-state index in [1.54, 1.807) is 6.08 Å². The van der Waals surface area contributed by atoms with Gasteiger partial charge in [0.25, 0.3) is 0 Å². The van der Waals surface area contributed by atoms with E-state index in [0.29, 0.717) is 19.8 Å². The van der Waals surface area contributed by atoms with E-state index in [9.17, 15) is 4.79 Å². The maximum atomic E-state index is 11.7. The van der Waals surface area contributed by atoms with Crippen LogP contribution in [-0.4, -0.2) is 39.0 Å². The lowest BCUT2D eigenvalue weighted by atomic mass is 10.0. The van der Waals surface area contributed by atoms with Crippen molar-refractivity contribution in [3.63, 3.8) is 0 Å². The second-order valence-electron chi connectivity index (χ2n) is 6.76. The summed E-state index contributed by atoms with van der Waals surface area (Å²) in [5.41, 5.74) is 2.21. The number of benzene rings is 2. The Balaban J connectivity index is 1.98. The van der Waals surface area contributed by atoms with Crippen LogP contribution < -0.4 is 0 Å². The Morgan fingerprint density at radius 2 is 1.48 bits per heavy atom. The average molecular weight is 398 g/mol. The van der Waals surface area contributed by atoms with E-state index in [2.05, 4.69) is 0 Å². The minimum Gasteiger partial charge on any atom is -0.467 e. The molecule has 2 rings (SSSR count). The van der Waals surface area contributed by atoms with Crippen molar-refractivity contribution in [1.82, 2.24) is 0 Å². The van der Waals surface area contributed by atoms with Gasteiger partial charge in [-0.3, -0.25) is 0 Å². The molecule has 0 aliphatic carbocycles. The van der Waals surface area contributed by atoms with Crippen molar-refractivity contribution in [1.29, 1.82) is 0 Å². The van der Waals surface area contributed by atoms with Gasteiger partial charge in [0.2, 0.25) is 0 Å². The maximum Gasteiger partial charge on any atom is 0.339 e. The first kappa shape index (κ1) is 22.8. The fourth-order valence-electron chi connectivity index (χ4n) is 2.77. The molecule has 0 unspecified atom stereocenters. The van der Waals surface area contributed by atoms with Gasteiger partial charge < -0.3 is 18.9 Å². The van der Waals surface area contributed by atoms with Crippen molar-refractivity contribution < 1.29 is 23.7 Å². The molecule has 0 spiro atoms. The molecular weight excluding hydrogens is 368 g/mol. The number of methoxy groups -OCH3 is 2. The molecule has 0 aliphatic heterocycles. The second kappa shape index (κ2) is 12.9. The summed E-state index contributed by atoms with van der Waals surface area (Å²) in [6.45, 7) is 3.47. The van der Waals surface area contributed by atoms with Gasteiger partial charge in [-0.2, -0.15) is 0 Å². The number of hydrogen-bond acceptors (Lipinski definition) is 5. The standard InChI is InChI=1S/C24H30O5/c1-19(14-15-22(26-2)24(25)27-3)23(29-17-21-12-8-5-9-13-21)18-28-16-20-10-6-4-7-11-20/h4-15,19,22-23H,16-18H2,1-3H3/b15-14+/t19-,22-,23-/m0/s1. The fraction of sp³-hybridized carbons (Fsp3) is 0.375. The van der Waals surface area contributed by atoms with Crippen LogP contribution in [-0.2, 0) is 37.0 Å². The molecular formula is C24H30O5. The van der Waals surface area contributed by atoms with E-state index < -0.39 is 12.1 Å². The Morgan fingerprint density at radius 3 is 2.03 bits per heavy atom. The van der Waals surface area contributed by atoms with E-state index in [1.165, 1.54) is 14.2 Å². The summed E-state index contributed by atoms with van der Waals surface area (Å²) >= 11 is 0. The summed E-state index contributed by atoms with van der Waals surface area (Å²) in [4.78, 5) is 11.7. The minimum absolute atomic E-state index is 0.0109. The number of esters is 1. The van der Waals surface area contributed by atoms with Gasteiger partial charge in [0.15, 0.2) is 6.10 Å². The molecule has 3 atom stereocenters. The van der Waals surface area contributed by atoms with Crippen molar-refractivity contribution in [3.8, 4) is 0 Å². The van der Waals surface area contributed by atoms with Gasteiger partial charge >= 0.3 is 5.97 Å². The summed E-state index contributed by atoms with van der Waals surface area (Å²) in [6, 6.07) is 20.0. The smallest absolute Gasteiger partial charge is 0.339 e. The van der Waals surface area contributed by atoms with Gasteiger partial charge in [-0.25, -0.2) is 4.79 Å². The number of ether oxygens (including phenoxy) is 4. The van der Waals surface area contributed by atoms with Gasteiger partial charge in [-0.1, -0.05) is 73.7 Å². The van der Waals surface area contributed by atoms with Crippen molar-refractivity contribution in [2.75, 3.05) is 20.8 Å². The van der Waals surface area contributed by atoms with Crippen molar-refractivity contribution in [2.24, 2.45) is 5.92 Å². The molecule has 0 fully saturated rings. The Hall–Kier alpha value is -2.47. The van der Waals surface area contributed by atoms with Crippen molar-refractivity contribution in [2.45, 2.75) is 32.3 Å². The highest BCUT2D eigenvalue weighted by Crippen LogP contribution is 2.15. The van der Waals surface area contributed by atoms with Crippen LogP contribution in [0, 0.1) is 5.92 Å². The van der Waals surface area contributed by atoms with Gasteiger partial charge in [0, 0.05) is 13.0 Å². The predicted octanol–water partition coefficient (Wildman–Crippen LogP) is 4.17. The van der Waals surface area contributed by atoms with E-state index in [4.69, 9.17) is 18.9 Å². The molecule has 2 aromatic carbocycles. The molecule has 0 saturated carbocycles. The normalized spacial score (nSPS) is 14.4. The number of carbonyl (C=O) groups excluding carboxylic acids is 1. The fourth-order valence-corrected chi connectivity index (χ4v) is 2.77. The molecule has 0 radical (unpaired) electrons. The zero-order valence-electron chi connectivity index (χ0n) is 17.3. The Labute approximate surface area is 173 Å². The topological polar surface area (TPSA) is 54.0 Å². The van der Waals surface area contributed by atoms with Gasteiger partial charge in [0.1, 0.15) is 0 Å². The van der Waals surface area contributed by atoms with Crippen LogP contribution in [0.1, 0.15) is 18.1 Å². The third-order valence-corrected chi connectivity index (χ3v) is 4.56. The molecule has 5 nitrogen and oxygen atoms in total. The average Bonchev–Trinajstić information content (AvgIpc) is 2.77. The second-order valence-corrected chi connectivity index (χ2v) is 6.76. The number of hydrogen-bond donors (Lipinski definition) is 0. The lowest BCUT2D eigenvalue weighted by Gasteiger charge is -2.23. The van der Waals surface area contributed by atoms with Crippen LogP contribution in [0.4, 0.5) is 0 Å². The van der Waals surface area contributed by atoms with Crippen LogP contribution in [0.15, 0.2) is 72.8 Å². The molecule has 0 bridgehead atoms. The van der Waals surface area contributed by atoms with Crippen molar-refractivity contribution in [3.05, 3.63) is 83.9 Å². The summed E-state index contributed by atoms with van der Waals surface area (Å²) in [5.74, 6) is -0.421.